The lowest BCUT2D eigenvalue weighted by molar-refractivity contribution is -0.222. The van der Waals surface area contributed by atoms with E-state index in [1.54, 1.807) is 29.6 Å². The molecule has 0 bridgehead atoms. The normalized spacial score (nSPS) is 15.9. The number of cyclic esters (lactones) is 2. The second-order valence-corrected chi connectivity index (χ2v) is 9.48. The Morgan fingerprint density at radius 1 is 1.03 bits per heavy atom. The zero-order valence-corrected chi connectivity index (χ0v) is 18.0. The Morgan fingerprint density at radius 2 is 1.71 bits per heavy atom. The molecule has 4 rings (SSSR count). The number of furan rings is 1. The predicted octanol–water partition coefficient (Wildman–Crippen LogP) is 3.42. The average molecular weight is 460 g/mol. The van der Waals surface area contributed by atoms with Crippen LogP contribution in [0.5, 0.6) is 0 Å². The lowest BCUT2D eigenvalue weighted by Crippen LogP contribution is -2.41. The van der Waals surface area contributed by atoms with E-state index in [4.69, 9.17) is 13.9 Å². The van der Waals surface area contributed by atoms with E-state index < -0.39 is 27.7 Å². The zero-order valence-electron chi connectivity index (χ0n) is 16.3. The molecule has 1 aliphatic rings. The maximum absolute atomic E-state index is 12.4. The first kappa shape index (κ1) is 20.8. The van der Waals surface area contributed by atoms with E-state index in [1.807, 2.05) is 0 Å². The largest absolute Gasteiger partial charge is 0.457 e. The van der Waals surface area contributed by atoms with Crippen LogP contribution in [0, 0.1) is 0 Å². The third-order valence-electron chi connectivity index (χ3n) is 4.13. The molecule has 11 heteroatoms. The van der Waals surface area contributed by atoms with Crippen molar-refractivity contribution in [3.8, 4) is 11.3 Å². The number of ether oxygens (including phenoxy) is 2. The van der Waals surface area contributed by atoms with Gasteiger partial charge in [0.05, 0.1) is 4.90 Å². The van der Waals surface area contributed by atoms with Crippen molar-refractivity contribution in [2.75, 3.05) is 4.72 Å². The van der Waals surface area contributed by atoms with Gasteiger partial charge in [0.25, 0.3) is 15.8 Å². The molecule has 0 aliphatic carbocycles. The van der Waals surface area contributed by atoms with Crippen LogP contribution < -0.4 is 4.72 Å². The molecule has 0 amide bonds. The molecule has 3 aromatic rings. The van der Waals surface area contributed by atoms with Crippen LogP contribution in [0.4, 0.5) is 5.13 Å². The number of carbonyl (C=O) groups excluding carboxylic acids is 2. The number of hydrogen-bond donors (Lipinski definition) is 1. The number of anilines is 1. The molecule has 9 nitrogen and oxygen atoms in total. The second kappa shape index (κ2) is 7.67. The van der Waals surface area contributed by atoms with Gasteiger partial charge in [-0.2, -0.15) is 0 Å². The van der Waals surface area contributed by atoms with E-state index in [9.17, 15) is 18.0 Å². The van der Waals surface area contributed by atoms with Gasteiger partial charge in [-0.25, -0.2) is 23.0 Å². The van der Waals surface area contributed by atoms with Crippen molar-refractivity contribution in [1.82, 2.24) is 4.98 Å². The maximum Gasteiger partial charge on any atom is 0.348 e. The number of thiazole rings is 1. The number of rotatable bonds is 5. The number of sulfonamides is 1. The van der Waals surface area contributed by atoms with Crippen LogP contribution in [0.3, 0.4) is 0 Å². The summed E-state index contributed by atoms with van der Waals surface area (Å²) in [6.45, 7) is 2.92. The summed E-state index contributed by atoms with van der Waals surface area (Å²) >= 11 is 1.17. The van der Waals surface area contributed by atoms with E-state index in [0.717, 1.165) is 0 Å². The molecule has 1 N–H and O–H groups in total. The average Bonchev–Trinajstić information content (AvgIpc) is 3.36. The van der Waals surface area contributed by atoms with Crippen LogP contribution in [-0.2, 0) is 29.1 Å². The number of esters is 2. The molecule has 0 spiro atoms. The molecule has 1 saturated heterocycles. The fourth-order valence-corrected chi connectivity index (χ4v) is 4.54. The Labute approximate surface area is 181 Å². The molecule has 3 heterocycles. The van der Waals surface area contributed by atoms with Gasteiger partial charge >= 0.3 is 11.9 Å². The van der Waals surface area contributed by atoms with Crippen LogP contribution in [0.2, 0.25) is 0 Å². The fourth-order valence-electron chi connectivity index (χ4n) is 2.75. The molecule has 0 saturated carbocycles. The molecule has 1 aromatic carbocycles. The van der Waals surface area contributed by atoms with E-state index in [1.165, 1.54) is 49.6 Å². The first-order valence-corrected chi connectivity index (χ1v) is 11.3. The minimum atomic E-state index is -3.76. The van der Waals surface area contributed by atoms with E-state index in [0.29, 0.717) is 11.3 Å². The Hall–Kier alpha value is -3.44. The minimum Gasteiger partial charge on any atom is -0.457 e. The van der Waals surface area contributed by atoms with Gasteiger partial charge in [-0.15, -0.1) is 11.3 Å². The summed E-state index contributed by atoms with van der Waals surface area (Å²) in [7, 11) is -3.76. The Morgan fingerprint density at radius 3 is 2.32 bits per heavy atom. The van der Waals surface area contributed by atoms with Crippen LogP contribution in [0.1, 0.15) is 19.6 Å². The summed E-state index contributed by atoms with van der Waals surface area (Å²) in [5.41, 5.74) is 0.322. The lowest BCUT2D eigenvalue weighted by Gasteiger charge is -2.29. The van der Waals surface area contributed by atoms with E-state index in [2.05, 4.69) is 9.71 Å². The van der Waals surface area contributed by atoms with Gasteiger partial charge in [-0.3, -0.25) is 4.72 Å². The third kappa shape index (κ3) is 4.52. The quantitative estimate of drug-likeness (QED) is 0.349. The predicted molar refractivity (Wildman–Crippen MR) is 111 cm³/mol. The molecule has 2 aromatic heterocycles. The fraction of sp³-hybridized carbons (Fsp3) is 0.150. The molecule has 0 unspecified atom stereocenters. The molecule has 0 atom stereocenters. The Bertz CT molecular complexity index is 1250. The minimum absolute atomic E-state index is 0.0654. The Kier molecular flexibility index (Phi) is 5.15. The molecule has 0 radical (unpaired) electrons. The standard InChI is InChI=1S/C20H16N2O7S2/c1-20(2)28-17(23)15(18(24)29-20)11-13-5-8-16(27-13)12-3-6-14(7-4-12)31(25,26)22-19-21-9-10-30-19/h3-11H,1-2H3,(H,21,22). The summed E-state index contributed by atoms with van der Waals surface area (Å²) in [6, 6.07) is 9.23. The summed E-state index contributed by atoms with van der Waals surface area (Å²) in [6.07, 6.45) is 2.74. The van der Waals surface area contributed by atoms with Gasteiger partial charge in [-0.05, 0) is 36.4 Å². The van der Waals surface area contributed by atoms with Crippen LogP contribution >= 0.6 is 11.3 Å². The van der Waals surface area contributed by atoms with Gasteiger partial charge in [-0.1, -0.05) is 0 Å². The third-order valence-corrected chi connectivity index (χ3v) is 6.31. The van der Waals surface area contributed by atoms with Gasteiger partial charge in [0.15, 0.2) is 5.13 Å². The van der Waals surface area contributed by atoms with Gasteiger partial charge in [0.1, 0.15) is 17.1 Å². The molecule has 1 aliphatic heterocycles. The number of hydrogen-bond acceptors (Lipinski definition) is 9. The van der Waals surface area contributed by atoms with Gasteiger partial charge in [0.2, 0.25) is 0 Å². The maximum atomic E-state index is 12.4. The highest BCUT2D eigenvalue weighted by molar-refractivity contribution is 7.93. The van der Waals surface area contributed by atoms with Crippen molar-refractivity contribution >= 4 is 44.5 Å². The second-order valence-electron chi connectivity index (χ2n) is 6.91. The molecular weight excluding hydrogens is 444 g/mol. The molecule has 1 fully saturated rings. The molecular formula is C20H16N2O7S2. The smallest absolute Gasteiger partial charge is 0.348 e. The summed E-state index contributed by atoms with van der Waals surface area (Å²) in [5.74, 6) is -2.28. The highest BCUT2D eigenvalue weighted by Crippen LogP contribution is 2.28. The molecule has 160 valence electrons. The molecule has 31 heavy (non-hydrogen) atoms. The Balaban J connectivity index is 1.53. The van der Waals surface area contributed by atoms with E-state index >= 15 is 0 Å². The van der Waals surface area contributed by atoms with Crippen molar-refractivity contribution in [3.63, 3.8) is 0 Å². The number of carbonyl (C=O) groups is 2. The van der Waals surface area contributed by atoms with Crippen molar-refractivity contribution in [2.45, 2.75) is 24.5 Å². The SMILES string of the molecule is CC1(C)OC(=O)C(=Cc2ccc(-c3ccc(S(=O)(=O)Nc4nccs4)cc3)o2)C(=O)O1. The van der Waals surface area contributed by atoms with Crippen molar-refractivity contribution < 1.29 is 31.9 Å². The highest BCUT2D eigenvalue weighted by atomic mass is 32.2. The van der Waals surface area contributed by atoms with Crippen molar-refractivity contribution in [2.24, 2.45) is 0 Å². The van der Waals surface area contributed by atoms with Crippen molar-refractivity contribution in [1.29, 1.82) is 0 Å². The number of nitrogens with one attached hydrogen (secondary N) is 1. The van der Waals surface area contributed by atoms with E-state index in [-0.39, 0.29) is 21.4 Å². The van der Waals surface area contributed by atoms with Gasteiger partial charge in [0, 0.05) is 37.1 Å². The number of nitrogens with zero attached hydrogens (tertiary/aromatic N) is 1. The topological polar surface area (TPSA) is 125 Å². The first-order valence-electron chi connectivity index (χ1n) is 8.94. The summed E-state index contributed by atoms with van der Waals surface area (Å²) in [5, 5.41) is 1.94. The monoisotopic (exact) mass is 460 g/mol. The highest BCUT2D eigenvalue weighted by Gasteiger charge is 2.39. The number of benzene rings is 1. The lowest BCUT2D eigenvalue weighted by atomic mass is 10.2. The summed E-state index contributed by atoms with van der Waals surface area (Å²) in [4.78, 5) is 28.1. The number of aromatic nitrogens is 1. The van der Waals surface area contributed by atoms with Crippen molar-refractivity contribution in [3.05, 3.63) is 59.3 Å². The van der Waals surface area contributed by atoms with Gasteiger partial charge < -0.3 is 13.9 Å². The van der Waals surface area contributed by atoms with Crippen LogP contribution in [0.25, 0.3) is 17.4 Å². The van der Waals surface area contributed by atoms with Crippen LogP contribution in [-0.4, -0.2) is 31.1 Å². The zero-order chi connectivity index (χ0) is 22.2. The van der Waals surface area contributed by atoms with Crippen LogP contribution in [0.15, 0.2) is 62.9 Å². The first-order chi connectivity index (χ1) is 14.6. The summed E-state index contributed by atoms with van der Waals surface area (Å²) < 4.78 is 43.0.